The van der Waals surface area contributed by atoms with Crippen LogP contribution in [-0.4, -0.2) is 16.9 Å². The fraction of sp³-hybridized carbons (Fsp3) is 0.692. The lowest BCUT2D eigenvalue weighted by atomic mass is 9.87. The number of hydrogen-bond acceptors (Lipinski definition) is 4. The summed E-state index contributed by atoms with van der Waals surface area (Å²) < 4.78 is 37.7. The van der Waals surface area contributed by atoms with Gasteiger partial charge in [-0.05, 0) is 11.8 Å². The molecule has 3 N–H and O–H groups in total. The van der Waals surface area contributed by atoms with Gasteiger partial charge in [0.25, 0.3) is 0 Å². The number of nitrogens with zero attached hydrogens (tertiary/aromatic N) is 1. The van der Waals surface area contributed by atoms with Gasteiger partial charge < -0.3 is 11.1 Å². The van der Waals surface area contributed by atoms with Gasteiger partial charge in [-0.15, -0.1) is 23.7 Å². The van der Waals surface area contributed by atoms with Crippen LogP contribution in [0, 0.1) is 5.41 Å². The van der Waals surface area contributed by atoms with Crippen molar-refractivity contribution in [3.05, 3.63) is 16.1 Å². The average molecular weight is 360 g/mol. The molecule has 128 valence electrons. The Kier molecular flexibility index (Phi) is 7.31. The Morgan fingerprint density at radius 2 is 1.95 bits per heavy atom. The fourth-order valence-corrected chi connectivity index (χ4v) is 2.53. The van der Waals surface area contributed by atoms with Gasteiger partial charge in [0.15, 0.2) is 5.69 Å². The Balaban J connectivity index is 0.00000441. The van der Waals surface area contributed by atoms with E-state index in [1.165, 1.54) is 0 Å². The molecule has 1 heterocycles. The number of thiazole rings is 1. The van der Waals surface area contributed by atoms with E-state index in [1.54, 1.807) is 6.92 Å². The standard InChI is InChI=1S/C13H20F3N3OS.ClH/c1-5-7(18-10(20)9(17)12(2,3)4)11-19-8(6-21-11)13(14,15)16;/h6-7,9H,5,17H2,1-4H3,(H,18,20);1H/t7?,9-;/m1./s1. The molecule has 0 aliphatic carbocycles. The van der Waals surface area contributed by atoms with Crippen LogP contribution in [0.3, 0.4) is 0 Å². The van der Waals surface area contributed by atoms with Crippen molar-refractivity contribution in [2.75, 3.05) is 0 Å². The average Bonchev–Trinajstić information content (AvgIpc) is 2.82. The lowest BCUT2D eigenvalue weighted by Crippen LogP contribution is -2.49. The minimum Gasteiger partial charge on any atom is -0.346 e. The Morgan fingerprint density at radius 1 is 1.41 bits per heavy atom. The van der Waals surface area contributed by atoms with Gasteiger partial charge in [0.2, 0.25) is 5.91 Å². The number of nitrogens with two attached hydrogens (primary N) is 1. The molecule has 1 amide bonds. The lowest BCUT2D eigenvalue weighted by Gasteiger charge is -2.27. The van der Waals surface area contributed by atoms with Gasteiger partial charge in [-0.3, -0.25) is 4.79 Å². The minimum absolute atomic E-state index is 0. The van der Waals surface area contributed by atoms with E-state index in [0.717, 1.165) is 16.7 Å². The number of alkyl halides is 3. The second-order valence-electron chi connectivity index (χ2n) is 5.88. The third kappa shape index (κ3) is 5.40. The van der Waals surface area contributed by atoms with Gasteiger partial charge in [0.1, 0.15) is 5.01 Å². The molecule has 9 heteroatoms. The van der Waals surface area contributed by atoms with E-state index in [4.69, 9.17) is 5.73 Å². The van der Waals surface area contributed by atoms with E-state index in [0.29, 0.717) is 6.42 Å². The molecule has 1 unspecified atom stereocenters. The number of hydrogen-bond donors (Lipinski definition) is 2. The zero-order valence-electron chi connectivity index (χ0n) is 12.8. The summed E-state index contributed by atoms with van der Waals surface area (Å²) in [4.78, 5) is 15.6. The molecule has 0 spiro atoms. The summed E-state index contributed by atoms with van der Waals surface area (Å²) in [5.74, 6) is -0.391. The van der Waals surface area contributed by atoms with Crippen LogP contribution in [0.1, 0.15) is 50.9 Å². The lowest BCUT2D eigenvalue weighted by molar-refractivity contribution is -0.140. The smallest absolute Gasteiger partial charge is 0.346 e. The quantitative estimate of drug-likeness (QED) is 0.864. The Bertz CT molecular complexity index is 499. The van der Waals surface area contributed by atoms with Crippen LogP contribution < -0.4 is 11.1 Å². The zero-order chi connectivity index (χ0) is 16.4. The number of amides is 1. The van der Waals surface area contributed by atoms with Crippen molar-refractivity contribution in [3.63, 3.8) is 0 Å². The van der Waals surface area contributed by atoms with E-state index in [9.17, 15) is 18.0 Å². The normalized spacial score (nSPS) is 14.9. The molecule has 0 radical (unpaired) electrons. The van der Waals surface area contributed by atoms with Gasteiger partial charge in [0.05, 0.1) is 12.1 Å². The van der Waals surface area contributed by atoms with E-state index < -0.39 is 35.3 Å². The van der Waals surface area contributed by atoms with E-state index in [-0.39, 0.29) is 17.4 Å². The van der Waals surface area contributed by atoms with Crippen molar-refractivity contribution in [2.45, 2.75) is 52.4 Å². The summed E-state index contributed by atoms with van der Waals surface area (Å²) in [5, 5.41) is 3.86. The second kappa shape index (κ2) is 7.61. The molecule has 0 saturated carbocycles. The zero-order valence-corrected chi connectivity index (χ0v) is 14.5. The summed E-state index contributed by atoms with van der Waals surface area (Å²) in [6.45, 7) is 7.23. The van der Waals surface area contributed by atoms with Gasteiger partial charge >= 0.3 is 6.18 Å². The van der Waals surface area contributed by atoms with Gasteiger partial charge in [-0.1, -0.05) is 27.7 Å². The van der Waals surface area contributed by atoms with Gasteiger partial charge in [-0.2, -0.15) is 13.2 Å². The fourth-order valence-electron chi connectivity index (χ4n) is 1.57. The Hall–Kier alpha value is -0.860. The largest absolute Gasteiger partial charge is 0.434 e. The van der Waals surface area contributed by atoms with Crippen LogP contribution in [0.15, 0.2) is 5.38 Å². The van der Waals surface area contributed by atoms with Crippen molar-refractivity contribution in [2.24, 2.45) is 11.1 Å². The summed E-state index contributed by atoms with van der Waals surface area (Å²) in [6.07, 6.45) is -4.04. The molecule has 4 nitrogen and oxygen atoms in total. The summed E-state index contributed by atoms with van der Waals surface area (Å²) >= 11 is 0.884. The predicted molar refractivity (Wildman–Crippen MR) is 83.0 cm³/mol. The first-order chi connectivity index (χ1) is 9.46. The number of nitrogens with one attached hydrogen (secondary N) is 1. The molecule has 0 aliphatic rings. The molecule has 1 aromatic heterocycles. The Labute approximate surface area is 138 Å². The third-order valence-electron chi connectivity index (χ3n) is 3.05. The maximum atomic E-state index is 12.6. The predicted octanol–water partition coefficient (Wildman–Crippen LogP) is 3.52. The number of aromatic nitrogens is 1. The molecular weight excluding hydrogens is 339 g/mol. The Morgan fingerprint density at radius 3 is 2.32 bits per heavy atom. The van der Waals surface area contributed by atoms with Crippen LogP contribution in [0.25, 0.3) is 0 Å². The summed E-state index contributed by atoms with van der Waals surface area (Å²) in [6, 6.07) is -1.31. The molecule has 0 saturated heterocycles. The SMILES string of the molecule is CCC(NC(=O)[C@@H](N)C(C)(C)C)c1nc(C(F)(F)F)cs1.Cl. The molecule has 22 heavy (non-hydrogen) atoms. The van der Waals surface area contributed by atoms with Crippen molar-refractivity contribution in [1.29, 1.82) is 0 Å². The molecule has 0 aliphatic heterocycles. The highest BCUT2D eigenvalue weighted by Gasteiger charge is 2.35. The first-order valence-corrected chi connectivity index (χ1v) is 7.43. The van der Waals surface area contributed by atoms with Crippen molar-refractivity contribution < 1.29 is 18.0 Å². The monoisotopic (exact) mass is 359 g/mol. The van der Waals surface area contributed by atoms with Crippen molar-refractivity contribution >= 4 is 29.7 Å². The molecule has 1 rings (SSSR count). The third-order valence-corrected chi connectivity index (χ3v) is 4.01. The molecule has 0 bridgehead atoms. The van der Waals surface area contributed by atoms with E-state index in [1.807, 2.05) is 20.8 Å². The van der Waals surface area contributed by atoms with Crippen LogP contribution in [0.4, 0.5) is 13.2 Å². The van der Waals surface area contributed by atoms with Crippen molar-refractivity contribution in [1.82, 2.24) is 10.3 Å². The highest BCUT2D eigenvalue weighted by atomic mass is 35.5. The number of rotatable bonds is 4. The van der Waals surface area contributed by atoms with E-state index in [2.05, 4.69) is 10.3 Å². The number of halogens is 4. The minimum atomic E-state index is -4.47. The maximum Gasteiger partial charge on any atom is 0.434 e. The molecule has 0 fully saturated rings. The van der Waals surface area contributed by atoms with E-state index >= 15 is 0 Å². The van der Waals surface area contributed by atoms with Gasteiger partial charge in [-0.25, -0.2) is 4.98 Å². The molecular formula is C13H21ClF3N3OS. The molecule has 2 atom stereocenters. The van der Waals surface area contributed by atoms with Crippen LogP contribution >= 0.6 is 23.7 Å². The van der Waals surface area contributed by atoms with Crippen LogP contribution in [0.2, 0.25) is 0 Å². The summed E-state index contributed by atoms with van der Waals surface area (Å²) in [5.41, 5.74) is 4.48. The maximum absolute atomic E-state index is 12.6. The molecule has 1 aromatic rings. The van der Waals surface area contributed by atoms with Crippen LogP contribution in [0.5, 0.6) is 0 Å². The molecule has 0 aromatic carbocycles. The second-order valence-corrected chi connectivity index (χ2v) is 6.77. The van der Waals surface area contributed by atoms with Crippen LogP contribution in [-0.2, 0) is 11.0 Å². The highest BCUT2D eigenvalue weighted by Crippen LogP contribution is 2.32. The highest BCUT2D eigenvalue weighted by molar-refractivity contribution is 7.09. The van der Waals surface area contributed by atoms with Gasteiger partial charge in [0, 0.05) is 5.38 Å². The van der Waals surface area contributed by atoms with Crippen molar-refractivity contribution in [3.8, 4) is 0 Å². The first kappa shape index (κ1) is 21.1. The number of carbonyl (C=O) groups excluding carboxylic acids is 1. The first-order valence-electron chi connectivity index (χ1n) is 6.55. The topological polar surface area (TPSA) is 68.0 Å². The number of carbonyl (C=O) groups is 1. The summed E-state index contributed by atoms with van der Waals surface area (Å²) in [7, 11) is 0.